The smallest absolute Gasteiger partial charge is 0.328 e. The van der Waals surface area contributed by atoms with E-state index in [0.29, 0.717) is 24.4 Å². The Kier molecular flexibility index (Phi) is 8.66. The van der Waals surface area contributed by atoms with E-state index in [1.54, 1.807) is 19.9 Å². The number of carboxylic acids is 2. The van der Waals surface area contributed by atoms with E-state index >= 15 is 0 Å². The molecule has 0 spiro atoms. The van der Waals surface area contributed by atoms with E-state index in [1.807, 2.05) is 18.2 Å². The Morgan fingerprint density at radius 3 is 2.27 bits per heavy atom. The van der Waals surface area contributed by atoms with Crippen LogP contribution in [0.4, 0.5) is 5.69 Å². The Morgan fingerprint density at radius 2 is 1.73 bits per heavy atom. The van der Waals surface area contributed by atoms with E-state index in [-0.39, 0.29) is 11.7 Å². The summed E-state index contributed by atoms with van der Waals surface area (Å²) in [5, 5.41) is 40.7. The van der Waals surface area contributed by atoms with E-state index in [0.717, 1.165) is 12.0 Å². The van der Waals surface area contributed by atoms with E-state index in [9.17, 15) is 24.8 Å². The molecule has 1 heterocycles. The number of aliphatic hydroxyl groups excluding tert-OH is 1. The Labute approximate surface area is 190 Å². The van der Waals surface area contributed by atoms with E-state index in [1.165, 1.54) is 17.7 Å². The van der Waals surface area contributed by atoms with Crippen LogP contribution >= 0.6 is 0 Å². The van der Waals surface area contributed by atoms with Crippen molar-refractivity contribution in [2.75, 3.05) is 6.54 Å². The lowest BCUT2D eigenvalue weighted by Crippen LogP contribution is -2.52. The van der Waals surface area contributed by atoms with Crippen molar-refractivity contribution in [1.82, 2.24) is 5.32 Å². The molecule has 0 amide bonds. The lowest BCUT2D eigenvalue weighted by Gasteiger charge is -2.42. The van der Waals surface area contributed by atoms with E-state index < -0.39 is 28.6 Å². The van der Waals surface area contributed by atoms with Crippen molar-refractivity contribution in [3.8, 4) is 5.75 Å². The molecule has 176 valence electrons. The standard InChI is InChI=1S/C19H22N2O4.C4H4O4/c1-19(2)18(22)17(20-11-10-13-6-4-3-5-7-13)15-9-8-14(21(23)24)12-16(15)25-19;5-3(6)1-2-4(7)8/h3-9,12,17-18,20,22H,10-11H2,1-2H3;1-2H,(H,5,6)(H,7,8)/b;2-1-/t17-,18+;/m0./s1. The van der Waals surface area contributed by atoms with Crippen molar-refractivity contribution in [3.05, 3.63) is 81.9 Å². The summed E-state index contributed by atoms with van der Waals surface area (Å²) in [6.07, 6.45) is 1.18. The maximum atomic E-state index is 11.0. The number of benzene rings is 2. The highest BCUT2D eigenvalue weighted by Gasteiger charge is 2.43. The number of carbonyl (C=O) groups is 2. The van der Waals surface area contributed by atoms with Crippen LogP contribution in [0.5, 0.6) is 5.75 Å². The van der Waals surface area contributed by atoms with Crippen molar-refractivity contribution in [2.45, 2.75) is 38.0 Å². The molecule has 0 bridgehead atoms. The van der Waals surface area contributed by atoms with Gasteiger partial charge in [0.2, 0.25) is 0 Å². The molecule has 2 aromatic rings. The van der Waals surface area contributed by atoms with Gasteiger partial charge >= 0.3 is 11.9 Å². The van der Waals surface area contributed by atoms with Gasteiger partial charge in [-0.25, -0.2) is 9.59 Å². The summed E-state index contributed by atoms with van der Waals surface area (Å²) < 4.78 is 5.82. The SMILES string of the molecule is CC1(C)Oc2cc([N+](=O)[O-])ccc2[C@H](NCCc2ccccc2)[C@H]1O.O=C(O)/C=C\C(=O)O. The number of ether oxygens (including phenoxy) is 1. The summed E-state index contributed by atoms with van der Waals surface area (Å²) in [6.45, 7) is 4.24. The van der Waals surface area contributed by atoms with E-state index in [4.69, 9.17) is 14.9 Å². The Balaban J connectivity index is 0.000000414. The molecule has 0 aromatic heterocycles. The quantitative estimate of drug-likeness (QED) is 0.278. The largest absolute Gasteiger partial charge is 0.484 e. The molecular weight excluding hydrogens is 432 g/mol. The van der Waals surface area contributed by atoms with Gasteiger partial charge in [0.15, 0.2) is 0 Å². The summed E-state index contributed by atoms with van der Waals surface area (Å²) in [4.78, 5) is 29.7. The van der Waals surface area contributed by atoms with Crippen LogP contribution in [0.15, 0.2) is 60.7 Å². The Morgan fingerprint density at radius 1 is 1.12 bits per heavy atom. The van der Waals surface area contributed by atoms with Crippen LogP contribution in [-0.2, 0) is 16.0 Å². The number of nitrogens with zero attached hydrogens (tertiary/aromatic N) is 1. The van der Waals surface area contributed by atoms with Crippen LogP contribution in [0.3, 0.4) is 0 Å². The molecule has 3 rings (SSSR count). The molecule has 10 heteroatoms. The van der Waals surface area contributed by atoms with Crippen LogP contribution in [0, 0.1) is 10.1 Å². The molecule has 4 N–H and O–H groups in total. The number of non-ortho nitro benzene ring substituents is 1. The number of nitrogens with one attached hydrogen (secondary N) is 1. The molecule has 1 aliphatic rings. The molecule has 0 fully saturated rings. The first kappa shape index (κ1) is 25.5. The maximum absolute atomic E-state index is 11.0. The fraction of sp³-hybridized carbons (Fsp3) is 0.304. The highest BCUT2D eigenvalue weighted by Crippen LogP contribution is 2.41. The summed E-state index contributed by atoms with van der Waals surface area (Å²) in [5.74, 6) is -2.07. The zero-order valence-corrected chi connectivity index (χ0v) is 18.2. The first-order valence-electron chi connectivity index (χ1n) is 10.1. The first-order valence-corrected chi connectivity index (χ1v) is 10.1. The minimum atomic E-state index is -1.26. The number of aliphatic hydroxyl groups is 1. The number of fused-ring (bicyclic) bond motifs is 1. The summed E-state index contributed by atoms with van der Waals surface area (Å²) in [6, 6.07) is 14.3. The molecule has 0 saturated heterocycles. The number of rotatable bonds is 7. The molecule has 10 nitrogen and oxygen atoms in total. The number of carboxylic acid groups (broad SMARTS) is 2. The van der Waals surface area contributed by atoms with Gasteiger partial charge in [0.1, 0.15) is 17.5 Å². The van der Waals surface area contributed by atoms with Crippen molar-refractivity contribution >= 4 is 17.6 Å². The lowest BCUT2D eigenvalue weighted by atomic mass is 9.86. The predicted octanol–water partition coefficient (Wildman–Crippen LogP) is 2.71. The van der Waals surface area contributed by atoms with Crippen LogP contribution in [0.25, 0.3) is 0 Å². The normalized spacial score (nSPS) is 18.4. The van der Waals surface area contributed by atoms with Gasteiger partial charge in [-0.1, -0.05) is 30.3 Å². The van der Waals surface area contributed by atoms with Crippen molar-refractivity contribution in [2.24, 2.45) is 0 Å². The summed E-state index contributed by atoms with van der Waals surface area (Å²) in [5.41, 5.74) is 1.09. The second kappa shape index (κ2) is 11.2. The third-order valence-electron chi connectivity index (χ3n) is 4.93. The minimum absolute atomic E-state index is 0.0195. The van der Waals surface area contributed by atoms with Gasteiger partial charge < -0.3 is 25.4 Å². The second-order valence-corrected chi connectivity index (χ2v) is 7.81. The van der Waals surface area contributed by atoms with Gasteiger partial charge in [0.05, 0.1) is 17.0 Å². The molecule has 2 aromatic carbocycles. The average Bonchev–Trinajstić information content (AvgIpc) is 2.75. The highest BCUT2D eigenvalue weighted by molar-refractivity contribution is 5.89. The topological polar surface area (TPSA) is 159 Å². The van der Waals surface area contributed by atoms with Gasteiger partial charge in [0, 0.05) is 23.8 Å². The molecule has 0 unspecified atom stereocenters. The van der Waals surface area contributed by atoms with Gasteiger partial charge in [-0.2, -0.15) is 0 Å². The highest BCUT2D eigenvalue weighted by atomic mass is 16.6. The third kappa shape index (κ3) is 7.41. The fourth-order valence-electron chi connectivity index (χ4n) is 3.28. The molecule has 0 saturated carbocycles. The molecule has 0 radical (unpaired) electrons. The summed E-state index contributed by atoms with van der Waals surface area (Å²) >= 11 is 0. The monoisotopic (exact) mass is 458 g/mol. The number of nitro benzene ring substituents is 1. The zero-order valence-electron chi connectivity index (χ0n) is 18.2. The number of aliphatic carboxylic acids is 2. The van der Waals surface area contributed by atoms with Crippen molar-refractivity contribution < 1.29 is 34.6 Å². The predicted molar refractivity (Wildman–Crippen MR) is 119 cm³/mol. The molecule has 0 aliphatic carbocycles. The number of nitro groups is 1. The minimum Gasteiger partial charge on any atom is -0.484 e. The number of hydrogen-bond acceptors (Lipinski definition) is 7. The van der Waals surface area contributed by atoms with Crippen LogP contribution in [0.1, 0.15) is 31.0 Å². The summed E-state index contributed by atoms with van der Waals surface area (Å²) in [7, 11) is 0. The van der Waals surface area contributed by atoms with Crippen molar-refractivity contribution in [3.63, 3.8) is 0 Å². The Bertz CT molecular complexity index is 1000. The molecule has 1 aliphatic heterocycles. The van der Waals surface area contributed by atoms with E-state index in [2.05, 4.69) is 17.4 Å². The third-order valence-corrected chi connectivity index (χ3v) is 4.93. The van der Waals surface area contributed by atoms with Crippen LogP contribution < -0.4 is 10.1 Å². The van der Waals surface area contributed by atoms with Gasteiger partial charge in [-0.05, 0) is 38.4 Å². The van der Waals surface area contributed by atoms with Gasteiger partial charge in [-0.15, -0.1) is 0 Å². The number of hydrogen-bond donors (Lipinski definition) is 4. The molecule has 2 atom stereocenters. The average molecular weight is 458 g/mol. The lowest BCUT2D eigenvalue weighted by molar-refractivity contribution is -0.385. The second-order valence-electron chi connectivity index (χ2n) is 7.81. The Hall–Kier alpha value is -3.76. The van der Waals surface area contributed by atoms with Crippen LogP contribution in [-0.4, -0.2) is 50.4 Å². The zero-order chi connectivity index (χ0) is 24.6. The molecule has 33 heavy (non-hydrogen) atoms. The van der Waals surface area contributed by atoms with Gasteiger partial charge in [-0.3, -0.25) is 10.1 Å². The van der Waals surface area contributed by atoms with Crippen molar-refractivity contribution in [1.29, 1.82) is 0 Å². The molecular formula is C23H26N2O8. The fourth-order valence-corrected chi connectivity index (χ4v) is 3.28. The van der Waals surface area contributed by atoms with Crippen LogP contribution in [0.2, 0.25) is 0 Å². The first-order chi connectivity index (χ1) is 15.5. The maximum Gasteiger partial charge on any atom is 0.328 e. The van der Waals surface area contributed by atoms with Gasteiger partial charge in [0.25, 0.3) is 5.69 Å².